The number of para-hydroxylation sites is 2. The molecule has 1 heterocycles. The fraction of sp³-hybridized carbons (Fsp3) is 0.222. The Hall–Kier alpha value is -2.89. The summed E-state index contributed by atoms with van der Waals surface area (Å²) in [6.45, 7) is 0.225. The summed E-state index contributed by atoms with van der Waals surface area (Å²) in [5.41, 5.74) is 0.970. The molecule has 6 heteroatoms. The molecule has 2 aromatic rings. The molecular weight excluding hydrogens is 311 g/mol. The Morgan fingerprint density at radius 3 is 2.75 bits per heavy atom. The van der Waals surface area contributed by atoms with Crippen LogP contribution in [0.25, 0.3) is 0 Å². The van der Waals surface area contributed by atoms with E-state index < -0.39 is 0 Å². The van der Waals surface area contributed by atoms with Crippen molar-refractivity contribution >= 4 is 17.5 Å². The van der Waals surface area contributed by atoms with Crippen LogP contribution in [-0.4, -0.2) is 25.0 Å². The number of hydrogen-bond acceptors (Lipinski definition) is 3. The van der Waals surface area contributed by atoms with E-state index in [4.69, 9.17) is 4.74 Å². The number of fused-ring (bicyclic) bond motifs is 1. The van der Waals surface area contributed by atoms with Gasteiger partial charge in [-0.3, -0.25) is 14.5 Å². The highest BCUT2D eigenvalue weighted by atomic mass is 19.1. The standard InChI is InChI=1S/C18H17FN2O3/c19-14-6-2-1-5-13(14)11-20-17(22)12-21-15-7-3-4-8-16(15)24-10-9-18(21)23/h1-8H,9-12H2,(H,20,22). The van der Waals surface area contributed by atoms with Crippen LogP contribution in [0.4, 0.5) is 10.1 Å². The third-order valence-corrected chi connectivity index (χ3v) is 3.77. The molecule has 0 saturated heterocycles. The Balaban J connectivity index is 1.69. The van der Waals surface area contributed by atoms with Gasteiger partial charge < -0.3 is 10.1 Å². The Morgan fingerprint density at radius 2 is 1.92 bits per heavy atom. The second-order valence-electron chi connectivity index (χ2n) is 5.41. The van der Waals surface area contributed by atoms with E-state index in [-0.39, 0.29) is 43.7 Å². The van der Waals surface area contributed by atoms with Crippen molar-refractivity contribution in [2.24, 2.45) is 0 Å². The maximum Gasteiger partial charge on any atom is 0.240 e. The zero-order chi connectivity index (χ0) is 16.9. The lowest BCUT2D eigenvalue weighted by Gasteiger charge is -2.21. The summed E-state index contributed by atoms with van der Waals surface area (Å²) in [5, 5.41) is 2.65. The topological polar surface area (TPSA) is 58.6 Å². The van der Waals surface area contributed by atoms with Gasteiger partial charge in [-0.2, -0.15) is 0 Å². The first kappa shape index (κ1) is 16.0. The van der Waals surface area contributed by atoms with Crippen molar-refractivity contribution in [2.45, 2.75) is 13.0 Å². The lowest BCUT2D eigenvalue weighted by Crippen LogP contribution is -2.40. The zero-order valence-electron chi connectivity index (χ0n) is 13.0. The highest BCUT2D eigenvalue weighted by Gasteiger charge is 2.24. The molecule has 0 radical (unpaired) electrons. The first-order chi connectivity index (χ1) is 11.6. The fourth-order valence-electron chi connectivity index (χ4n) is 2.53. The predicted molar refractivity (Wildman–Crippen MR) is 87.2 cm³/mol. The maximum absolute atomic E-state index is 13.6. The normalized spacial score (nSPS) is 13.7. The highest BCUT2D eigenvalue weighted by Crippen LogP contribution is 2.30. The van der Waals surface area contributed by atoms with Crippen molar-refractivity contribution in [3.8, 4) is 5.75 Å². The summed E-state index contributed by atoms with van der Waals surface area (Å²) < 4.78 is 19.1. The summed E-state index contributed by atoms with van der Waals surface area (Å²) in [6.07, 6.45) is 0.204. The van der Waals surface area contributed by atoms with Gasteiger partial charge in [0, 0.05) is 12.1 Å². The minimum atomic E-state index is -0.373. The van der Waals surface area contributed by atoms with Crippen LogP contribution < -0.4 is 15.0 Å². The molecule has 0 aliphatic carbocycles. The van der Waals surface area contributed by atoms with E-state index >= 15 is 0 Å². The number of anilines is 1. The average molecular weight is 328 g/mol. The van der Waals surface area contributed by atoms with Crippen molar-refractivity contribution in [1.29, 1.82) is 0 Å². The number of hydrogen-bond donors (Lipinski definition) is 1. The van der Waals surface area contributed by atoms with Crippen molar-refractivity contribution < 1.29 is 18.7 Å². The summed E-state index contributed by atoms with van der Waals surface area (Å²) in [4.78, 5) is 25.8. The predicted octanol–water partition coefficient (Wildman–Crippen LogP) is 2.26. The van der Waals surface area contributed by atoms with Crippen LogP contribution in [0.1, 0.15) is 12.0 Å². The molecule has 0 spiro atoms. The van der Waals surface area contributed by atoms with E-state index in [0.29, 0.717) is 17.0 Å². The summed E-state index contributed by atoms with van der Waals surface area (Å²) in [5.74, 6) is -0.336. The summed E-state index contributed by atoms with van der Waals surface area (Å²) >= 11 is 0. The van der Waals surface area contributed by atoms with Gasteiger partial charge in [-0.1, -0.05) is 30.3 Å². The Labute approximate surface area is 139 Å². The molecule has 124 valence electrons. The van der Waals surface area contributed by atoms with Crippen molar-refractivity contribution in [3.63, 3.8) is 0 Å². The molecule has 1 N–H and O–H groups in total. The molecule has 0 aromatic heterocycles. The van der Waals surface area contributed by atoms with Crippen LogP contribution in [-0.2, 0) is 16.1 Å². The molecule has 2 amide bonds. The molecule has 5 nitrogen and oxygen atoms in total. The quantitative estimate of drug-likeness (QED) is 0.936. The minimum absolute atomic E-state index is 0.0751. The second kappa shape index (κ2) is 7.12. The number of amides is 2. The van der Waals surface area contributed by atoms with Gasteiger partial charge in [-0.15, -0.1) is 0 Å². The first-order valence-corrected chi connectivity index (χ1v) is 7.67. The fourth-order valence-corrected chi connectivity index (χ4v) is 2.53. The van der Waals surface area contributed by atoms with E-state index in [1.807, 2.05) is 6.07 Å². The molecule has 0 saturated carbocycles. The molecule has 0 atom stereocenters. The number of benzene rings is 2. The van der Waals surface area contributed by atoms with Crippen LogP contribution >= 0.6 is 0 Å². The van der Waals surface area contributed by atoms with Crippen LogP contribution in [0, 0.1) is 5.82 Å². The maximum atomic E-state index is 13.6. The van der Waals surface area contributed by atoms with Gasteiger partial charge in [0.15, 0.2) is 0 Å². The van der Waals surface area contributed by atoms with Crippen LogP contribution in [0.2, 0.25) is 0 Å². The van der Waals surface area contributed by atoms with Crippen LogP contribution in [0.15, 0.2) is 48.5 Å². The van der Waals surface area contributed by atoms with E-state index in [1.54, 1.807) is 36.4 Å². The minimum Gasteiger partial charge on any atom is -0.491 e. The van der Waals surface area contributed by atoms with Crippen molar-refractivity contribution in [2.75, 3.05) is 18.1 Å². The Bertz CT molecular complexity index is 763. The van der Waals surface area contributed by atoms with Gasteiger partial charge in [0.2, 0.25) is 11.8 Å². The molecule has 0 bridgehead atoms. The van der Waals surface area contributed by atoms with E-state index in [1.165, 1.54) is 11.0 Å². The monoisotopic (exact) mass is 328 g/mol. The molecule has 1 aliphatic rings. The molecule has 2 aromatic carbocycles. The van der Waals surface area contributed by atoms with E-state index in [9.17, 15) is 14.0 Å². The van der Waals surface area contributed by atoms with Crippen molar-refractivity contribution in [1.82, 2.24) is 5.32 Å². The molecule has 0 fully saturated rings. The summed E-state index contributed by atoms with van der Waals surface area (Å²) in [7, 11) is 0. The number of nitrogens with zero attached hydrogens (tertiary/aromatic N) is 1. The number of nitrogens with one attached hydrogen (secondary N) is 1. The van der Waals surface area contributed by atoms with Gasteiger partial charge in [-0.05, 0) is 18.2 Å². The number of halogens is 1. The lowest BCUT2D eigenvalue weighted by atomic mass is 10.2. The van der Waals surface area contributed by atoms with Gasteiger partial charge in [-0.25, -0.2) is 4.39 Å². The molecule has 24 heavy (non-hydrogen) atoms. The molecule has 0 unspecified atom stereocenters. The van der Waals surface area contributed by atoms with E-state index in [2.05, 4.69) is 5.32 Å². The van der Waals surface area contributed by atoms with Crippen LogP contribution in [0.5, 0.6) is 5.75 Å². The Kier molecular flexibility index (Phi) is 4.74. The largest absolute Gasteiger partial charge is 0.491 e. The number of carbonyl (C=O) groups excluding carboxylic acids is 2. The zero-order valence-corrected chi connectivity index (χ0v) is 13.0. The third-order valence-electron chi connectivity index (χ3n) is 3.77. The number of carbonyl (C=O) groups is 2. The summed E-state index contributed by atoms with van der Waals surface area (Å²) in [6, 6.07) is 13.3. The number of ether oxygens (including phenoxy) is 1. The third kappa shape index (κ3) is 3.53. The molecular formula is C18H17FN2O3. The van der Waals surface area contributed by atoms with Gasteiger partial charge >= 0.3 is 0 Å². The van der Waals surface area contributed by atoms with Crippen molar-refractivity contribution in [3.05, 3.63) is 59.9 Å². The van der Waals surface area contributed by atoms with Gasteiger partial charge in [0.25, 0.3) is 0 Å². The van der Waals surface area contributed by atoms with Gasteiger partial charge in [0.05, 0.1) is 18.7 Å². The highest BCUT2D eigenvalue weighted by molar-refractivity contribution is 6.00. The smallest absolute Gasteiger partial charge is 0.240 e. The number of rotatable bonds is 4. The van der Waals surface area contributed by atoms with Gasteiger partial charge in [0.1, 0.15) is 18.1 Å². The second-order valence-corrected chi connectivity index (χ2v) is 5.41. The lowest BCUT2D eigenvalue weighted by molar-refractivity contribution is -0.124. The molecule has 3 rings (SSSR count). The SMILES string of the molecule is O=C(CN1C(=O)CCOc2ccccc21)NCc1ccccc1F. The Morgan fingerprint density at radius 1 is 1.17 bits per heavy atom. The average Bonchev–Trinajstić information content (AvgIpc) is 2.74. The first-order valence-electron chi connectivity index (χ1n) is 7.67. The van der Waals surface area contributed by atoms with Crippen LogP contribution in [0.3, 0.4) is 0 Å². The van der Waals surface area contributed by atoms with E-state index in [0.717, 1.165) is 0 Å². The molecule has 1 aliphatic heterocycles.